The molecule has 1 atom stereocenters. The Morgan fingerprint density at radius 1 is 1.67 bits per heavy atom. The lowest BCUT2D eigenvalue weighted by Gasteiger charge is -2.31. The first-order valence-corrected chi connectivity index (χ1v) is 6.69. The van der Waals surface area contributed by atoms with Gasteiger partial charge in [0.25, 0.3) is 5.91 Å². The smallest absolute Gasteiger partial charge is 0.274 e. The number of nitrogens with one attached hydrogen (secondary N) is 1. The van der Waals surface area contributed by atoms with Crippen LogP contribution < -0.4 is 0 Å². The minimum absolute atomic E-state index is 0.0215. The number of aromatic nitrogens is 2. The van der Waals surface area contributed by atoms with Crippen molar-refractivity contribution >= 4 is 5.91 Å². The Bertz CT molecular complexity index is 403. The summed E-state index contributed by atoms with van der Waals surface area (Å²) in [6, 6.07) is 1.84. The summed E-state index contributed by atoms with van der Waals surface area (Å²) in [5.41, 5.74) is 1.51. The second-order valence-electron chi connectivity index (χ2n) is 4.97. The van der Waals surface area contributed by atoms with E-state index in [4.69, 9.17) is 0 Å². The zero-order chi connectivity index (χ0) is 13.0. The monoisotopic (exact) mass is 251 g/mol. The van der Waals surface area contributed by atoms with Gasteiger partial charge in [0.15, 0.2) is 0 Å². The van der Waals surface area contributed by atoms with Crippen LogP contribution in [0.3, 0.4) is 0 Å². The zero-order valence-corrected chi connectivity index (χ0v) is 10.9. The number of piperidine rings is 1. The highest BCUT2D eigenvalue weighted by Crippen LogP contribution is 2.17. The molecule has 18 heavy (non-hydrogen) atoms. The van der Waals surface area contributed by atoms with Crippen molar-refractivity contribution in [3.8, 4) is 0 Å². The third-order valence-corrected chi connectivity index (χ3v) is 3.43. The van der Waals surface area contributed by atoms with E-state index in [9.17, 15) is 9.90 Å². The van der Waals surface area contributed by atoms with E-state index in [-0.39, 0.29) is 18.4 Å². The molecular weight excluding hydrogens is 230 g/mol. The van der Waals surface area contributed by atoms with Crippen molar-refractivity contribution in [1.29, 1.82) is 0 Å². The normalized spacial score (nSPS) is 20.1. The number of H-pyrrole nitrogens is 1. The SMILES string of the molecule is CCCc1cc(C(=O)N2CCCC(CO)C2)n[nH]1. The van der Waals surface area contributed by atoms with E-state index in [1.165, 1.54) is 0 Å². The van der Waals surface area contributed by atoms with Crippen LogP contribution in [0, 0.1) is 5.92 Å². The van der Waals surface area contributed by atoms with Crippen LogP contribution >= 0.6 is 0 Å². The molecule has 2 heterocycles. The molecule has 1 aromatic rings. The number of likely N-dealkylation sites (tertiary alicyclic amines) is 1. The number of aromatic amines is 1. The van der Waals surface area contributed by atoms with Crippen molar-refractivity contribution in [1.82, 2.24) is 15.1 Å². The van der Waals surface area contributed by atoms with Gasteiger partial charge in [-0.2, -0.15) is 5.10 Å². The van der Waals surface area contributed by atoms with Gasteiger partial charge in [-0.15, -0.1) is 0 Å². The molecule has 1 aliphatic heterocycles. The van der Waals surface area contributed by atoms with E-state index in [1.807, 2.05) is 6.07 Å². The Kier molecular flexibility index (Phi) is 4.36. The average molecular weight is 251 g/mol. The standard InChI is InChI=1S/C13H21N3O2/c1-2-4-11-7-12(15-14-11)13(18)16-6-3-5-10(8-16)9-17/h7,10,17H,2-6,8-9H2,1H3,(H,14,15). The molecule has 1 saturated heterocycles. The molecule has 0 radical (unpaired) electrons. The molecule has 0 aromatic carbocycles. The maximum absolute atomic E-state index is 12.2. The average Bonchev–Trinajstić information content (AvgIpc) is 2.87. The summed E-state index contributed by atoms with van der Waals surface area (Å²) < 4.78 is 0. The molecular formula is C13H21N3O2. The van der Waals surface area contributed by atoms with Crippen LogP contribution in [-0.4, -0.2) is 45.8 Å². The number of rotatable bonds is 4. The summed E-state index contributed by atoms with van der Waals surface area (Å²) >= 11 is 0. The van der Waals surface area contributed by atoms with Crippen molar-refractivity contribution in [2.75, 3.05) is 19.7 Å². The zero-order valence-electron chi connectivity index (χ0n) is 10.9. The summed E-state index contributed by atoms with van der Waals surface area (Å²) in [4.78, 5) is 14.0. The van der Waals surface area contributed by atoms with Gasteiger partial charge in [-0.1, -0.05) is 13.3 Å². The summed E-state index contributed by atoms with van der Waals surface area (Å²) in [5, 5.41) is 16.2. The maximum atomic E-state index is 12.2. The lowest BCUT2D eigenvalue weighted by Crippen LogP contribution is -2.41. The number of nitrogens with zero attached hydrogens (tertiary/aromatic N) is 2. The Balaban J connectivity index is 2.00. The van der Waals surface area contributed by atoms with Gasteiger partial charge in [0.2, 0.25) is 0 Å². The van der Waals surface area contributed by atoms with Crippen LogP contribution in [0.2, 0.25) is 0 Å². The van der Waals surface area contributed by atoms with E-state index in [0.717, 1.165) is 37.9 Å². The lowest BCUT2D eigenvalue weighted by atomic mass is 9.99. The Morgan fingerprint density at radius 2 is 2.50 bits per heavy atom. The number of carbonyl (C=O) groups excluding carboxylic acids is 1. The minimum atomic E-state index is -0.0215. The molecule has 1 unspecified atom stereocenters. The fourth-order valence-electron chi connectivity index (χ4n) is 2.43. The first-order valence-electron chi connectivity index (χ1n) is 6.69. The molecule has 1 aromatic heterocycles. The van der Waals surface area contributed by atoms with Gasteiger partial charge in [-0.3, -0.25) is 9.89 Å². The predicted molar refractivity (Wildman–Crippen MR) is 68.3 cm³/mol. The molecule has 5 nitrogen and oxygen atoms in total. The number of amides is 1. The van der Waals surface area contributed by atoms with Crippen LogP contribution in [0.5, 0.6) is 0 Å². The Labute approximate surface area is 107 Å². The predicted octanol–water partition coefficient (Wildman–Crippen LogP) is 1.21. The summed E-state index contributed by atoms with van der Waals surface area (Å²) in [5.74, 6) is 0.198. The molecule has 1 fully saturated rings. The molecule has 0 spiro atoms. The number of carbonyl (C=O) groups is 1. The second-order valence-corrected chi connectivity index (χ2v) is 4.97. The molecule has 100 valence electrons. The number of hydrogen-bond donors (Lipinski definition) is 2. The summed E-state index contributed by atoms with van der Waals surface area (Å²) in [6.45, 7) is 3.67. The molecule has 0 saturated carbocycles. The number of aliphatic hydroxyl groups excluding tert-OH is 1. The van der Waals surface area contributed by atoms with E-state index in [0.29, 0.717) is 12.2 Å². The van der Waals surface area contributed by atoms with E-state index < -0.39 is 0 Å². The minimum Gasteiger partial charge on any atom is -0.396 e. The number of aryl methyl sites for hydroxylation is 1. The molecule has 2 rings (SSSR count). The third-order valence-electron chi connectivity index (χ3n) is 3.43. The van der Waals surface area contributed by atoms with Crippen LogP contribution in [0.25, 0.3) is 0 Å². The van der Waals surface area contributed by atoms with Crippen molar-refractivity contribution < 1.29 is 9.90 Å². The number of hydrogen-bond acceptors (Lipinski definition) is 3. The quantitative estimate of drug-likeness (QED) is 0.845. The maximum Gasteiger partial charge on any atom is 0.274 e. The van der Waals surface area contributed by atoms with Crippen LogP contribution in [0.1, 0.15) is 42.4 Å². The van der Waals surface area contributed by atoms with Gasteiger partial charge in [0.05, 0.1) is 0 Å². The van der Waals surface area contributed by atoms with Crippen molar-refractivity contribution in [3.05, 3.63) is 17.5 Å². The Morgan fingerprint density at radius 3 is 3.22 bits per heavy atom. The fraction of sp³-hybridized carbons (Fsp3) is 0.692. The molecule has 0 aliphatic carbocycles. The number of aliphatic hydroxyl groups is 1. The van der Waals surface area contributed by atoms with Gasteiger partial charge in [-0.25, -0.2) is 0 Å². The highest BCUT2D eigenvalue weighted by molar-refractivity contribution is 5.92. The van der Waals surface area contributed by atoms with Crippen molar-refractivity contribution in [2.45, 2.75) is 32.6 Å². The highest BCUT2D eigenvalue weighted by Gasteiger charge is 2.25. The summed E-state index contributed by atoms with van der Waals surface area (Å²) in [7, 11) is 0. The van der Waals surface area contributed by atoms with Crippen molar-refractivity contribution in [2.24, 2.45) is 5.92 Å². The molecule has 0 bridgehead atoms. The third kappa shape index (κ3) is 2.90. The lowest BCUT2D eigenvalue weighted by molar-refractivity contribution is 0.0615. The van der Waals surface area contributed by atoms with Gasteiger partial charge < -0.3 is 10.0 Å². The van der Waals surface area contributed by atoms with Crippen LogP contribution in [0.4, 0.5) is 0 Å². The molecule has 1 aliphatic rings. The largest absolute Gasteiger partial charge is 0.396 e. The Hall–Kier alpha value is -1.36. The first kappa shape index (κ1) is 13.1. The molecule has 5 heteroatoms. The van der Waals surface area contributed by atoms with E-state index in [1.54, 1.807) is 4.90 Å². The van der Waals surface area contributed by atoms with Gasteiger partial charge in [0, 0.05) is 25.4 Å². The van der Waals surface area contributed by atoms with E-state index >= 15 is 0 Å². The van der Waals surface area contributed by atoms with Crippen molar-refractivity contribution in [3.63, 3.8) is 0 Å². The summed E-state index contributed by atoms with van der Waals surface area (Å²) in [6.07, 6.45) is 3.91. The first-order chi connectivity index (χ1) is 8.74. The van der Waals surface area contributed by atoms with Gasteiger partial charge in [0.1, 0.15) is 5.69 Å². The topological polar surface area (TPSA) is 69.2 Å². The molecule has 2 N–H and O–H groups in total. The van der Waals surface area contributed by atoms with Gasteiger partial charge >= 0.3 is 0 Å². The van der Waals surface area contributed by atoms with Crippen LogP contribution in [-0.2, 0) is 6.42 Å². The molecule has 1 amide bonds. The van der Waals surface area contributed by atoms with Gasteiger partial charge in [-0.05, 0) is 31.2 Å². The fourth-order valence-corrected chi connectivity index (χ4v) is 2.43. The van der Waals surface area contributed by atoms with Crippen LogP contribution in [0.15, 0.2) is 6.07 Å². The second kappa shape index (κ2) is 6.00. The highest BCUT2D eigenvalue weighted by atomic mass is 16.3. The van der Waals surface area contributed by atoms with E-state index in [2.05, 4.69) is 17.1 Å².